The second kappa shape index (κ2) is 11.2. The topological polar surface area (TPSA) is 73.9 Å². The Morgan fingerprint density at radius 1 is 0.867 bits per heavy atom. The van der Waals surface area contributed by atoms with Gasteiger partial charge in [-0.1, -0.05) is 30.3 Å². The van der Waals surface area contributed by atoms with Gasteiger partial charge in [0.15, 0.2) is 0 Å². The number of hydrogen-bond donors (Lipinski definition) is 2. The highest BCUT2D eigenvalue weighted by Crippen LogP contribution is 2.15. The number of hydrazine groups is 1. The molecular formula is C23H30N4O3. The molecule has 160 valence electrons. The van der Waals surface area contributed by atoms with Crippen molar-refractivity contribution in [1.29, 1.82) is 0 Å². The normalized spacial score (nSPS) is 14.2. The third-order valence-corrected chi connectivity index (χ3v) is 5.29. The van der Waals surface area contributed by atoms with E-state index < -0.39 is 0 Å². The lowest BCUT2D eigenvalue weighted by Crippen LogP contribution is -2.48. The van der Waals surface area contributed by atoms with Crippen LogP contribution in [0.4, 0.5) is 5.69 Å². The monoisotopic (exact) mass is 410 g/mol. The van der Waals surface area contributed by atoms with Crippen LogP contribution in [0, 0.1) is 0 Å². The number of piperazine rings is 1. The summed E-state index contributed by atoms with van der Waals surface area (Å²) in [5.41, 5.74) is 7.31. The van der Waals surface area contributed by atoms with E-state index in [-0.39, 0.29) is 11.8 Å². The van der Waals surface area contributed by atoms with Gasteiger partial charge in [-0.15, -0.1) is 0 Å². The van der Waals surface area contributed by atoms with Gasteiger partial charge in [-0.05, 0) is 36.2 Å². The quantitative estimate of drug-likeness (QED) is 0.651. The van der Waals surface area contributed by atoms with E-state index >= 15 is 0 Å². The van der Waals surface area contributed by atoms with Crippen molar-refractivity contribution in [3.63, 3.8) is 0 Å². The number of ether oxygens (including phenoxy) is 1. The second-order valence-corrected chi connectivity index (χ2v) is 7.36. The number of para-hydroxylation sites is 1. The van der Waals surface area contributed by atoms with E-state index in [1.165, 1.54) is 5.69 Å². The van der Waals surface area contributed by atoms with Gasteiger partial charge in [-0.2, -0.15) is 0 Å². The molecule has 30 heavy (non-hydrogen) atoms. The fraction of sp³-hybridized carbons (Fsp3) is 0.391. The number of carbonyl (C=O) groups excluding carboxylic acids is 2. The zero-order valence-corrected chi connectivity index (χ0v) is 17.5. The Morgan fingerprint density at radius 3 is 2.13 bits per heavy atom. The first kappa shape index (κ1) is 21.6. The van der Waals surface area contributed by atoms with E-state index in [0.29, 0.717) is 25.8 Å². The van der Waals surface area contributed by atoms with Crippen molar-refractivity contribution in [2.24, 2.45) is 0 Å². The van der Waals surface area contributed by atoms with Crippen LogP contribution >= 0.6 is 0 Å². The maximum absolute atomic E-state index is 12.0. The summed E-state index contributed by atoms with van der Waals surface area (Å²) in [5, 5.41) is 0. The molecule has 0 aliphatic carbocycles. The second-order valence-electron chi connectivity index (χ2n) is 7.36. The summed E-state index contributed by atoms with van der Waals surface area (Å²) < 4.78 is 5.12. The molecule has 0 bridgehead atoms. The van der Waals surface area contributed by atoms with Gasteiger partial charge in [0.2, 0.25) is 11.8 Å². The van der Waals surface area contributed by atoms with E-state index in [1.54, 1.807) is 7.11 Å². The highest BCUT2D eigenvalue weighted by molar-refractivity contribution is 5.82. The average Bonchev–Trinajstić information content (AvgIpc) is 2.81. The lowest BCUT2D eigenvalue weighted by atomic mass is 10.1. The number of rotatable bonds is 8. The van der Waals surface area contributed by atoms with E-state index in [1.807, 2.05) is 30.3 Å². The highest BCUT2D eigenvalue weighted by atomic mass is 16.5. The van der Waals surface area contributed by atoms with E-state index in [9.17, 15) is 9.59 Å². The fourth-order valence-electron chi connectivity index (χ4n) is 3.44. The lowest BCUT2D eigenvalue weighted by molar-refractivity contribution is -0.129. The van der Waals surface area contributed by atoms with Gasteiger partial charge in [0.25, 0.3) is 0 Å². The molecule has 2 amide bonds. The molecule has 1 aliphatic rings. The van der Waals surface area contributed by atoms with Crippen LogP contribution in [0.3, 0.4) is 0 Å². The van der Waals surface area contributed by atoms with Crippen LogP contribution in [0.25, 0.3) is 0 Å². The van der Waals surface area contributed by atoms with Crippen LogP contribution in [-0.4, -0.2) is 56.5 Å². The first-order valence-electron chi connectivity index (χ1n) is 10.4. The van der Waals surface area contributed by atoms with Gasteiger partial charge in [0, 0.05) is 51.3 Å². The standard InChI is InChI=1S/C23H30N4O3/c1-30-21-10-7-19(8-11-21)9-12-22(28)24-25-23(29)13-14-26-15-17-27(18-16-26)20-5-3-2-4-6-20/h2-8,10-11H,9,12-18H2,1H3,(H,24,28)(H,25,29). The number of carbonyl (C=O) groups is 2. The lowest BCUT2D eigenvalue weighted by Gasteiger charge is -2.36. The molecule has 2 aromatic rings. The minimum atomic E-state index is -0.198. The summed E-state index contributed by atoms with van der Waals surface area (Å²) in [6, 6.07) is 18.0. The number of nitrogens with one attached hydrogen (secondary N) is 2. The van der Waals surface area contributed by atoms with Crippen molar-refractivity contribution < 1.29 is 14.3 Å². The average molecular weight is 411 g/mol. The van der Waals surface area contributed by atoms with Gasteiger partial charge >= 0.3 is 0 Å². The van der Waals surface area contributed by atoms with Crippen LogP contribution in [0.15, 0.2) is 54.6 Å². The number of anilines is 1. The Kier molecular flexibility index (Phi) is 8.09. The zero-order valence-electron chi connectivity index (χ0n) is 17.5. The Hall–Kier alpha value is -3.06. The van der Waals surface area contributed by atoms with Crippen molar-refractivity contribution in [3.8, 4) is 5.75 Å². The zero-order chi connectivity index (χ0) is 21.2. The number of nitrogens with zero attached hydrogens (tertiary/aromatic N) is 2. The maximum atomic E-state index is 12.0. The van der Waals surface area contributed by atoms with Crippen molar-refractivity contribution in [3.05, 3.63) is 60.2 Å². The predicted octanol–water partition coefficient (Wildman–Crippen LogP) is 1.99. The predicted molar refractivity (Wildman–Crippen MR) is 117 cm³/mol. The molecule has 2 aromatic carbocycles. The van der Waals surface area contributed by atoms with E-state index in [2.05, 4.69) is 44.9 Å². The number of hydrogen-bond acceptors (Lipinski definition) is 5. The number of aryl methyl sites for hydroxylation is 1. The van der Waals surface area contributed by atoms with Crippen molar-refractivity contribution in [1.82, 2.24) is 15.8 Å². The molecule has 7 heteroatoms. The highest BCUT2D eigenvalue weighted by Gasteiger charge is 2.17. The van der Waals surface area contributed by atoms with Gasteiger partial charge in [0.05, 0.1) is 7.11 Å². The molecule has 0 aromatic heterocycles. The molecule has 0 spiro atoms. The third kappa shape index (κ3) is 6.77. The summed E-state index contributed by atoms with van der Waals surface area (Å²) in [6.45, 7) is 4.45. The van der Waals surface area contributed by atoms with Gasteiger partial charge in [-0.3, -0.25) is 25.3 Å². The van der Waals surface area contributed by atoms with Crippen molar-refractivity contribution in [2.75, 3.05) is 44.7 Å². The van der Waals surface area contributed by atoms with Crippen LogP contribution in [0.5, 0.6) is 5.75 Å². The van der Waals surface area contributed by atoms with Gasteiger partial charge < -0.3 is 9.64 Å². The summed E-state index contributed by atoms with van der Waals surface area (Å²) in [4.78, 5) is 28.6. The molecule has 1 heterocycles. The molecule has 2 N–H and O–H groups in total. The molecule has 1 fully saturated rings. The van der Waals surface area contributed by atoms with Crippen LogP contribution in [0.1, 0.15) is 18.4 Å². The minimum absolute atomic E-state index is 0.168. The Balaban J connectivity index is 1.28. The molecule has 7 nitrogen and oxygen atoms in total. The first-order chi connectivity index (χ1) is 14.6. The largest absolute Gasteiger partial charge is 0.497 e. The van der Waals surface area contributed by atoms with Crippen LogP contribution < -0.4 is 20.5 Å². The van der Waals surface area contributed by atoms with Crippen molar-refractivity contribution in [2.45, 2.75) is 19.3 Å². The molecule has 0 radical (unpaired) electrons. The molecule has 0 unspecified atom stereocenters. The minimum Gasteiger partial charge on any atom is -0.497 e. The molecular weight excluding hydrogens is 380 g/mol. The SMILES string of the molecule is COc1ccc(CCC(=O)NNC(=O)CCN2CCN(c3ccccc3)CC2)cc1. The Labute approximate surface area is 178 Å². The number of amides is 2. The molecule has 1 aliphatic heterocycles. The van der Waals surface area contributed by atoms with Crippen LogP contribution in [0.2, 0.25) is 0 Å². The van der Waals surface area contributed by atoms with E-state index in [0.717, 1.165) is 37.5 Å². The van der Waals surface area contributed by atoms with E-state index in [4.69, 9.17) is 4.74 Å². The van der Waals surface area contributed by atoms with Crippen LogP contribution in [-0.2, 0) is 16.0 Å². The smallest absolute Gasteiger partial charge is 0.239 e. The van der Waals surface area contributed by atoms with Gasteiger partial charge in [-0.25, -0.2) is 0 Å². The summed E-state index contributed by atoms with van der Waals surface area (Å²) in [7, 11) is 1.62. The summed E-state index contributed by atoms with van der Waals surface area (Å²) >= 11 is 0. The fourth-order valence-corrected chi connectivity index (χ4v) is 3.44. The number of methoxy groups -OCH3 is 1. The molecule has 0 saturated carbocycles. The summed E-state index contributed by atoms with van der Waals surface area (Å²) in [5.74, 6) is 0.422. The maximum Gasteiger partial charge on any atom is 0.239 e. The number of benzene rings is 2. The Morgan fingerprint density at radius 2 is 1.50 bits per heavy atom. The molecule has 1 saturated heterocycles. The first-order valence-corrected chi connectivity index (χ1v) is 10.4. The molecule has 3 rings (SSSR count). The Bertz CT molecular complexity index is 803. The molecule has 0 atom stereocenters. The van der Waals surface area contributed by atoms with Gasteiger partial charge in [0.1, 0.15) is 5.75 Å². The van der Waals surface area contributed by atoms with Crippen molar-refractivity contribution >= 4 is 17.5 Å². The summed E-state index contributed by atoms with van der Waals surface area (Å²) in [6.07, 6.45) is 1.29. The third-order valence-electron chi connectivity index (χ3n) is 5.29.